The summed E-state index contributed by atoms with van der Waals surface area (Å²) in [6.07, 6.45) is 4.96. The second-order valence-corrected chi connectivity index (χ2v) is 32.8. The average Bonchev–Trinajstić information content (AvgIpc) is 3.18. The normalized spacial score (nSPS) is 27.8. The second kappa shape index (κ2) is 20.5. The van der Waals surface area contributed by atoms with Crippen LogP contribution < -0.4 is 46.6 Å². The summed E-state index contributed by atoms with van der Waals surface area (Å²) < 4.78 is 0. The SMILES string of the molecule is CC1(C)CC(N(CCN2CC(C)(C)NC(C)(C)C2=O)c2nc(N(CCN3CC(C)(C)NC(C)(C)C3=O)C3CC(C)(C)NC(C)(C)C3)nc(N(CCN3CC(C)(C)NC(C)(C)C3=O)C3CC(C)(C)NC(C)(C)C3)n2)CC(C)(C)N1. The Kier molecular flexibility index (Phi) is 16.3. The number of amides is 3. The van der Waals surface area contributed by atoms with Crippen LogP contribution in [0.15, 0.2) is 0 Å². The lowest BCUT2D eigenvalue weighted by molar-refractivity contribution is -0.143. The van der Waals surface area contributed by atoms with Crippen LogP contribution in [-0.2, 0) is 14.4 Å². The fourth-order valence-corrected chi connectivity index (χ4v) is 16.4. The van der Waals surface area contributed by atoms with Crippen LogP contribution in [0.1, 0.15) is 205 Å². The van der Waals surface area contributed by atoms with Crippen LogP contribution in [0.5, 0.6) is 0 Å². The van der Waals surface area contributed by atoms with E-state index in [1.54, 1.807) is 0 Å². The number of nitrogens with one attached hydrogen (secondary N) is 6. The highest BCUT2D eigenvalue weighted by molar-refractivity contribution is 5.88. The highest BCUT2D eigenvalue weighted by Gasteiger charge is 2.50. The molecule has 0 spiro atoms. The van der Waals surface area contributed by atoms with E-state index in [1.807, 2.05) is 56.2 Å². The van der Waals surface area contributed by atoms with E-state index in [9.17, 15) is 14.4 Å². The summed E-state index contributed by atoms with van der Waals surface area (Å²) in [5.41, 5.74) is -4.41. The van der Waals surface area contributed by atoms with Crippen molar-refractivity contribution in [1.29, 1.82) is 0 Å². The number of piperidine rings is 3. The van der Waals surface area contributed by atoms with E-state index < -0.39 is 16.6 Å². The van der Waals surface area contributed by atoms with Gasteiger partial charge in [0.1, 0.15) is 0 Å². The molecule has 6 aliphatic heterocycles. The van der Waals surface area contributed by atoms with E-state index in [-0.39, 0.29) is 85.7 Å². The van der Waals surface area contributed by atoms with Crippen LogP contribution in [0.4, 0.5) is 17.8 Å². The molecule has 0 aromatic carbocycles. The summed E-state index contributed by atoms with van der Waals surface area (Å²) in [5.74, 6) is 2.01. The summed E-state index contributed by atoms with van der Waals surface area (Å²) in [6, 6.07) is -0.000970. The lowest BCUT2D eigenvalue weighted by Gasteiger charge is -2.52. The minimum atomic E-state index is -0.737. The first-order chi connectivity index (χ1) is 35.1. The van der Waals surface area contributed by atoms with Gasteiger partial charge in [0.25, 0.3) is 0 Å². The van der Waals surface area contributed by atoms with Crippen molar-refractivity contribution < 1.29 is 14.4 Å². The van der Waals surface area contributed by atoms with Crippen LogP contribution in [0.2, 0.25) is 0 Å². The van der Waals surface area contributed by atoms with E-state index >= 15 is 0 Å². The molecule has 3 amide bonds. The van der Waals surface area contributed by atoms with Gasteiger partial charge in [-0.25, -0.2) is 0 Å². The van der Waals surface area contributed by atoms with E-state index in [1.165, 1.54) is 0 Å². The number of hydrogen-bond acceptors (Lipinski definition) is 15. The van der Waals surface area contributed by atoms with Gasteiger partial charge in [-0.3, -0.25) is 30.3 Å². The molecule has 444 valence electrons. The molecule has 1 aromatic heterocycles. The van der Waals surface area contributed by atoms with E-state index in [2.05, 4.69) is 171 Å². The number of aromatic nitrogens is 3. The zero-order chi connectivity index (χ0) is 58.6. The number of rotatable bonds is 15. The number of hydrogen-bond donors (Lipinski definition) is 6. The molecule has 6 saturated heterocycles. The molecule has 7 rings (SSSR count). The molecular formula is C60H111N15O3. The molecule has 78 heavy (non-hydrogen) atoms. The Bertz CT molecular complexity index is 2070. The Hall–Kier alpha value is -3.42. The zero-order valence-corrected chi connectivity index (χ0v) is 53.6. The zero-order valence-electron chi connectivity index (χ0n) is 53.6. The van der Waals surface area contributed by atoms with E-state index in [4.69, 9.17) is 15.0 Å². The van der Waals surface area contributed by atoms with Crippen molar-refractivity contribution in [3.05, 3.63) is 0 Å². The van der Waals surface area contributed by atoms with Gasteiger partial charge in [0.2, 0.25) is 35.6 Å². The average molecular weight is 1090 g/mol. The fourth-order valence-electron chi connectivity index (χ4n) is 16.4. The summed E-state index contributed by atoms with van der Waals surface area (Å²) in [6.45, 7) is 57.2. The van der Waals surface area contributed by atoms with Crippen molar-refractivity contribution in [3.8, 4) is 0 Å². The van der Waals surface area contributed by atoms with Gasteiger partial charge >= 0.3 is 0 Å². The molecule has 18 nitrogen and oxygen atoms in total. The van der Waals surface area contributed by atoms with Crippen molar-refractivity contribution in [1.82, 2.24) is 61.6 Å². The number of nitrogens with zero attached hydrogens (tertiary/aromatic N) is 9. The van der Waals surface area contributed by atoms with Gasteiger partial charge in [-0.05, 0) is 205 Å². The molecule has 18 heteroatoms. The largest absolute Gasteiger partial charge is 0.338 e. The van der Waals surface area contributed by atoms with Gasteiger partial charge in [0.15, 0.2) is 0 Å². The lowest BCUT2D eigenvalue weighted by Crippen LogP contribution is -2.70. The van der Waals surface area contributed by atoms with Crippen molar-refractivity contribution >= 4 is 35.6 Å². The molecule has 7 heterocycles. The quantitative estimate of drug-likeness (QED) is 0.117. The van der Waals surface area contributed by atoms with Crippen molar-refractivity contribution in [2.45, 2.75) is 289 Å². The Labute approximate surface area is 472 Å². The van der Waals surface area contributed by atoms with Gasteiger partial charge in [0, 0.05) is 127 Å². The van der Waals surface area contributed by atoms with E-state index in [0.717, 1.165) is 38.5 Å². The number of carbonyl (C=O) groups is 3. The molecule has 0 radical (unpaired) electrons. The van der Waals surface area contributed by atoms with Crippen molar-refractivity contribution in [2.75, 3.05) is 73.6 Å². The lowest BCUT2D eigenvalue weighted by atomic mass is 9.79. The van der Waals surface area contributed by atoms with Crippen LogP contribution in [-0.4, -0.2) is 191 Å². The summed E-state index contributed by atoms with van der Waals surface area (Å²) in [4.78, 5) is 74.1. The smallest absolute Gasteiger partial charge is 0.242 e. The van der Waals surface area contributed by atoms with Gasteiger partial charge in [0.05, 0.1) is 16.6 Å². The summed E-state index contributed by atoms with van der Waals surface area (Å²) in [5, 5.41) is 22.7. The Morgan fingerprint density at radius 1 is 0.333 bits per heavy atom. The molecule has 0 unspecified atom stereocenters. The third-order valence-corrected chi connectivity index (χ3v) is 17.2. The maximum atomic E-state index is 14.4. The Balaban J connectivity index is 1.46. The summed E-state index contributed by atoms with van der Waals surface area (Å²) in [7, 11) is 0. The minimum Gasteiger partial charge on any atom is -0.338 e. The molecule has 0 saturated carbocycles. The van der Waals surface area contributed by atoms with Crippen LogP contribution >= 0.6 is 0 Å². The van der Waals surface area contributed by atoms with Gasteiger partial charge in [-0.1, -0.05) is 0 Å². The number of carbonyl (C=O) groups excluding carboxylic acids is 3. The van der Waals surface area contributed by atoms with Crippen LogP contribution in [0, 0.1) is 0 Å². The minimum absolute atomic E-state index is 0.000323. The van der Waals surface area contributed by atoms with E-state index in [0.29, 0.717) is 76.7 Å². The van der Waals surface area contributed by atoms with Gasteiger partial charge in [-0.2, -0.15) is 15.0 Å². The second-order valence-electron chi connectivity index (χ2n) is 32.8. The molecule has 1 aromatic rings. The number of anilines is 3. The first-order valence-corrected chi connectivity index (χ1v) is 29.8. The molecule has 6 N–H and O–H groups in total. The molecule has 0 bridgehead atoms. The predicted octanol–water partition coefficient (Wildman–Crippen LogP) is 6.19. The van der Waals surface area contributed by atoms with Crippen LogP contribution in [0.3, 0.4) is 0 Å². The Morgan fingerprint density at radius 2 is 0.526 bits per heavy atom. The maximum absolute atomic E-state index is 14.4. The van der Waals surface area contributed by atoms with Gasteiger partial charge in [-0.15, -0.1) is 0 Å². The fraction of sp³-hybridized carbons (Fsp3) is 0.900. The highest BCUT2D eigenvalue weighted by atomic mass is 16.2. The topological polar surface area (TPSA) is 182 Å². The van der Waals surface area contributed by atoms with Gasteiger partial charge < -0.3 is 45.3 Å². The molecular weight excluding hydrogens is 979 g/mol. The monoisotopic (exact) mass is 1090 g/mol. The molecule has 0 aliphatic carbocycles. The number of piperazine rings is 3. The molecule has 0 atom stereocenters. The van der Waals surface area contributed by atoms with Crippen molar-refractivity contribution in [2.24, 2.45) is 0 Å². The standard InChI is InChI=1S/C60H111N15O3/c1-49(2)31-40(32-50(3,4)64-49)73(28-25-70-37-55(13,14)67-58(19,20)43(70)76)46-61-47(74(41-33-51(5,6)65-52(7,8)34-41)29-26-71-38-56(15,16)68-59(21,22)44(71)77)63-48(62-46)75(42-35-53(9,10)66-54(11,12)36-42)30-27-72-39-57(17,18)69-60(23,24)45(72)78/h40-42,64-69H,25-39H2,1-24H3. The van der Waals surface area contributed by atoms with Crippen LogP contribution in [0.25, 0.3) is 0 Å². The summed E-state index contributed by atoms with van der Waals surface area (Å²) >= 11 is 0. The Morgan fingerprint density at radius 3 is 0.718 bits per heavy atom. The predicted molar refractivity (Wildman–Crippen MR) is 318 cm³/mol. The molecule has 6 fully saturated rings. The molecule has 6 aliphatic rings. The highest BCUT2D eigenvalue weighted by Crippen LogP contribution is 2.40. The first-order valence-electron chi connectivity index (χ1n) is 29.8. The van der Waals surface area contributed by atoms with Crippen molar-refractivity contribution in [3.63, 3.8) is 0 Å². The third-order valence-electron chi connectivity index (χ3n) is 17.2. The third kappa shape index (κ3) is 14.8. The first kappa shape index (κ1) is 62.2. The maximum Gasteiger partial charge on any atom is 0.242 e.